The van der Waals surface area contributed by atoms with Crippen LogP contribution in [0.1, 0.15) is 0 Å². The summed E-state index contributed by atoms with van der Waals surface area (Å²) < 4.78 is 0. The van der Waals surface area contributed by atoms with Gasteiger partial charge in [0, 0.05) is 60.6 Å². The van der Waals surface area contributed by atoms with Crippen molar-refractivity contribution < 1.29 is 0 Å². The highest BCUT2D eigenvalue weighted by atomic mass is 32.2. The monoisotopic (exact) mass is 426 g/mol. The number of benzene rings is 2. The van der Waals surface area contributed by atoms with E-state index >= 15 is 0 Å². The Hall–Kier alpha value is -1.30. The molecule has 2 aliphatic rings. The molecule has 4 rings (SSSR count). The maximum absolute atomic E-state index is 4.30. The highest BCUT2D eigenvalue weighted by Gasteiger charge is 2.30. The molecule has 2 saturated heterocycles. The Bertz CT molecular complexity index is 752. The van der Waals surface area contributed by atoms with Crippen molar-refractivity contribution in [3.63, 3.8) is 0 Å². The third-order valence-electron chi connectivity index (χ3n) is 6.05. The number of thioether (sulfide) groups is 2. The van der Waals surface area contributed by atoms with E-state index in [1.165, 1.54) is 44.8 Å². The molecule has 0 atom stereocenters. The molecule has 28 heavy (non-hydrogen) atoms. The van der Waals surface area contributed by atoms with E-state index in [4.69, 9.17) is 0 Å². The zero-order valence-corrected chi connectivity index (χ0v) is 19.4. The van der Waals surface area contributed by atoms with Gasteiger partial charge in [-0.15, -0.1) is 6.58 Å². The van der Waals surface area contributed by atoms with Crippen LogP contribution in [0.15, 0.2) is 60.8 Å². The number of nitrogens with zero attached hydrogens (tertiary/aromatic N) is 2. The van der Waals surface area contributed by atoms with Gasteiger partial charge in [0.1, 0.15) is 8.07 Å². The molecule has 0 aliphatic carbocycles. The second kappa shape index (κ2) is 9.01. The van der Waals surface area contributed by atoms with Crippen LogP contribution in [0.25, 0.3) is 0 Å². The number of hydrogen-bond donors (Lipinski definition) is 0. The molecule has 0 radical (unpaired) electrons. The molecule has 2 nitrogen and oxygen atoms in total. The van der Waals surface area contributed by atoms with E-state index in [2.05, 4.69) is 101 Å². The molecule has 0 amide bonds. The van der Waals surface area contributed by atoms with E-state index < -0.39 is 8.07 Å². The van der Waals surface area contributed by atoms with Crippen LogP contribution in [0.2, 0.25) is 6.55 Å². The lowest BCUT2D eigenvalue weighted by atomic mass is 10.3. The van der Waals surface area contributed by atoms with Crippen molar-refractivity contribution in [1.29, 1.82) is 0 Å². The summed E-state index contributed by atoms with van der Waals surface area (Å²) in [7, 11) is -1.97. The SMILES string of the molecule is C=C[Si](C)(c1cccc(N2CCSCC2)c1)c1cccc(N2CCSCC2)c1. The Balaban J connectivity index is 1.66. The van der Waals surface area contributed by atoms with E-state index in [-0.39, 0.29) is 0 Å². The first-order chi connectivity index (χ1) is 13.7. The summed E-state index contributed by atoms with van der Waals surface area (Å²) in [6, 6.07) is 18.6. The summed E-state index contributed by atoms with van der Waals surface area (Å²) in [5, 5.41) is 2.93. The highest BCUT2D eigenvalue weighted by Crippen LogP contribution is 2.22. The van der Waals surface area contributed by atoms with Gasteiger partial charge in [0.05, 0.1) is 0 Å². The molecule has 2 aromatic carbocycles. The summed E-state index contributed by atoms with van der Waals surface area (Å²) in [6.07, 6.45) is 0. The van der Waals surface area contributed by atoms with Crippen LogP contribution in [-0.4, -0.2) is 57.3 Å². The van der Waals surface area contributed by atoms with Crippen molar-refractivity contribution >= 4 is 53.3 Å². The molecule has 148 valence electrons. The van der Waals surface area contributed by atoms with Crippen LogP contribution in [-0.2, 0) is 0 Å². The lowest BCUT2D eigenvalue weighted by molar-refractivity contribution is 0.859. The van der Waals surface area contributed by atoms with Gasteiger partial charge in [-0.1, -0.05) is 36.5 Å². The quantitative estimate of drug-likeness (QED) is 0.672. The zero-order valence-electron chi connectivity index (χ0n) is 16.8. The second-order valence-corrected chi connectivity index (χ2v) is 14.1. The molecule has 2 heterocycles. The van der Waals surface area contributed by atoms with Crippen LogP contribution in [0.4, 0.5) is 11.4 Å². The summed E-state index contributed by atoms with van der Waals surface area (Å²) in [4.78, 5) is 5.08. The predicted molar refractivity (Wildman–Crippen MR) is 133 cm³/mol. The molecule has 0 saturated carbocycles. The van der Waals surface area contributed by atoms with Crippen molar-refractivity contribution in [2.75, 3.05) is 59.0 Å². The van der Waals surface area contributed by atoms with Gasteiger partial charge in [0.25, 0.3) is 0 Å². The van der Waals surface area contributed by atoms with Gasteiger partial charge in [0.2, 0.25) is 0 Å². The van der Waals surface area contributed by atoms with Crippen molar-refractivity contribution in [1.82, 2.24) is 0 Å². The van der Waals surface area contributed by atoms with E-state index in [9.17, 15) is 0 Å². The predicted octanol–water partition coefficient (Wildman–Crippen LogP) is 3.71. The number of hydrogen-bond acceptors (Lipinski definition) is 4. The molecule has 5 heteroatoms. The molecule has 2 aromatic rings. The largest absolute Gasteiger partial charge is 0.370 e. The molecule has 0 bridgehead atoms. The average Bonchev–Trinajstić information content (AvgIpc) is 2.80. The second-order valence-electron chi connectivity index (χ2n) is 7.71. The molecule has 2 fully saturated rings. The Morgan fingerprint density at radius 1 is 0.786 bits per heavy atom. The van der Waals surface area contributed by atoms with Crippen LogP contribution >= 0.6 is 23.5 Å². The summed E-state index contributed by atoms with van der Waals surface area (Å²) in [6.45, 7) is 11.4. The van der Waals surface area contributed by atoms with Gasteiger partial charge < -0.3 is 9.80 Å². The van der Waals surface area contributed by atoms with Crippen LogP contribution in [0.5, 0.6) is 0 Å². The van der Waals surface area contributed by atoms with Gasteiger partial charge in [-0.3, -0.25) is 0 Å². The number of rotatable bonds is 5. The minimum absolute atomic E-state index is 1.16. The summed E-state index contributed by atoms with van der Waals surface area (Å²) in [5.41, 5.74) is 5.01. The lowest BCUT2D eigenvalue weighted by Gasteiger charge is -2.32. The fraction of sp³-hybridized carbons (Fsp3) is 0.391. The van der Waals surface area contributed by atoms with Crippen LogP contribution in [0.3, 0.4) is 0 Å². The molecule has 0 N–H and O–H groups in total. The molecular formula is C23H30N2S2Si. The van der Waals surface area contributed by atoms with Crippen molar-refractivity contribution in [2.24, 2.45) is 0 Å². The van der Waals surface area contributed by atoms with Gasteiger partial charge >= 0.3 is 0 Å². The number of anilines is 2. The summed E-state index contributed by atoms with van der Waals surface area (Å²) >= 11 is 4.13. The van der Waals surface area contributed by atoms with Crippen molar-refractivity contribution in [2.45, 2.75) is 6.55 Å². The Morgan fingerprint density at radius 2 is 1.21 bits per heavy atom. The lowest BCUT2D eigenvalue weighted by Crippen LogP contribution is -2.54. The summed E-state index contributed by atoms with van der Waals surface area (Å²) in [5.74, 6) is 4.93. The Labute approximate surface area is 179 Å². The third-order valence-corrected chi connectivity index (χ3v) is 11.8. The first kappa shape index (κ1) is 20.0. The maximum atomic E-state index is 4.30. The molecule has 0 unspecified atom stereocenters. The van der Waals surface area contributed by atoms with Crippen LogP contribution < -0.4 is 20.2 Å². The smallest absolute Gasteiger partial charge is 0.137 e. The standard InChI is InChI=1S/C23H30N2S2Si/c1-3-28(2,22-8-4-6-20(18-22)24-10-14-26-15-11-24)23-9-5-7-21(19-23)25-12-16-27-17-13-25/h3-9,18-19H,1,10-17H2,2H3. The minimum Gasteiger partial charge on any atom is -0.370 e. The van der Waals surface area contributed by atoms with E-state index in [0.29, 0.717) is 0 Å². The van der Waals surface area contributed by atoms with Crippen molar-refractivity contribution in [3.05, 3.63) is 60.8 Å². The topological polar surface area (TPSA) is 6.48 Å². The van der Waals surface area contributed by atoms with E-state index in [0.717, 1.165) is 26.2 Å². The van der Waals surface area contributed by atoms with E-state index in [1.54, 1.807) is 0 Å². The van der Waals surface area contributed by atoms with Gasteiger partial charge in [-0.05, 0) is 34.6 Å². The van der Waals surface area contributed by atoms with Gasteiger partial charge in [-0.25, -0.2) is 0 Å². The minimum atomic E-state index is -1.97. The fourth-order valence-electron chi connectivity index (χ4n) is 4.10. The van der Waals surface area contributed by atoms with Gasteiger partial charge in [-0.2, -0.15) is 23.5 Å². The molecule has 2 aliphatic heterocycles. The van der Waals surface area contributed by atoms with Crippen molar-refractivity contribution in [3.8, 4) is 0 Å². The van der Waals surface area contributed by atoms with Gasteiger partial charge in [0.15, 0.2) is 0 Å². The Morgan fingerprint density at radius 3 is 1.61 bits per heavy atom. The normalized spacial score (nSPS) is 18.2. The molecule has 0 spiro atoms. The fourth-order valence-corrected chi connectivity index (χ4v) is 8.49. The molecular weight excluding hydrogens is 396 g/mol. The van der Waals surface area contributed by atoms with E-state index in [1.807, 2.05) is 0 Å². The Kier molecular flexibility index (Phi) is 6.44. The van der Waals surface area contributed by atoms with Crippen LogP contribution in [0, 0.1) is 0 Å². The molecule has 0 aromatic heterocycles. The first-order valence-corrected chi connectivity index (χ1v) is 15.1. The maximum Gasteiger partial charge on any atom is 0.137 e. The highest BCUT2D eigenvalue weighted by molar-refractivity contribution is 7.99. The first-order valence-electron chi connectivity index (χ1n) is 10.2. The third kappa shape index (κ3) is 4.17. The zero-order chi connectivity index (χ0) is 19.4. The average molecular weight is 427 g/mol.